The monoisotopic (exact) mass is 287 g/mol. The van der Waals surface area contributed by atoms with Crippen molar-refractivity contribution in [2.24, 2.45) is 0 Å². The molecule has 2 rings (SSSR count). The van der Waals surface area contributed by atoms with Crippen LogP contribution < -0.4 is 10.1 Å². The quantitative estimate of drug-likeness (QED) is 0.888. The van der Waals surface area contributed by atoms with Crippen molar-refractivity contribution in [1.29, 1.82) is 0 Å². The first-order chi connectivity index (χ1) is 10.1. The second-order valence-corrected chi connectivity index (χ2v) is 4.89. The van der Waals surface area contributed by atoms with Gasteiger partial charge in [0.1, 0.15) is 11.8 Å². The lowest BCUT2D eigenvalue weighted by Crippen LogP contribution is -2.33. The van der Waals surface area contributed by atoms with Gasteiger partial charge >= 0.3 is 0 Å². The number of carbonyl (C=O) groups is 1. The Morgan fingerprint density at radius 1 is 1.33 bits per heavy atom. The van der Waals surface area contributed by atoms with Gasteiger partial charge in [-0.05, 0) is 44.5 Å². The first kappa shape index (κ1) is 15.1. The molecule has 0 spiro atoms. The molecule has 0 aliphatic heterocycles. The van der Waals surface area contributed by atoms with E-state index in [1.54, 1.807) is 23.1 Å². The molecule has 0 saturated heterocycles. The first-order valence-electron chi connectivity index (χ1n) is 7.14. The molecular weight excluding hydrogens is 266 g/mol. The van der Waals surface area contributed by atoms with Gasteiger partial charge < -0.3 is 10.1 Å². The van der Waals surface area contributed by atoms with Gasteiger partial charge in [-0.25, -0.2) is 0 Å². The topological polar surface area (TPSA) is 56.1 Å². The van der Waals surface area contributed by atoms with Gasteiger partial charge in [0.25, 0.3) is 0 Å². The number of carbonyl (C=O) groups excluding carboxylic acids is 1. The molecule has 0 unspecified atom stereocenters. The maximum absolute atomic E-state index is 12.2. The molecule has 0 saturated carbocycles. The van der Waals surface area contributed by atoms with E-state index in [9.17, 15) is 4.79 Å². The molecule has 2 aromatic rings. The summed E-state index contributed by atoms with van der Waals surface area (Å²) < 4.78 is 7.05. The predicted octanol–water partition coefficient (Wildman–Crippen LogP) is 2.72. The van der Waals surface area contributed by atoms with E-state index < -0.39 is 0 Å². The number of rotatable bonds is 6. The maximum Gasteiger partial charge on any atom is 0.245 e. The first-order valence-corrected chi connectivity index (χ1v) is 7.14. The van der Waals surface area contributed by atoms with E-state index in [2.05, 4.69) is 10.4 Å². The normalized spacial score (nSPS) is 13.5. The fourth-order valence-electron chi connectivity index (χ4n) is 2.07. The number of amides is 1. The van der Waals surface area contributed by atoms with Gasteiger partial charge in [0.2, 0.25) is 5.91 Å². The Bertz CT molecular complexity index is 564. The average molecular weight is 287 g/mol. The molecule has 5 nitrogen and oxygen atoms in total. The van der Waals surface area contributed by atoms with Gasteiger partial charge in [0.05, 0.1) is 12.6 Å². The van der Waals surface area contributed by atoms with E-state index in [-0.39, 0.29) is 18.0 Å². The van der Waals surface area contributed by atoms with E-state index >= 15 is 0 Å². The van der Waals surface area contributed by atoms with Crippen molar-refractivity contribution in [2.45, 2.75) is 32.9 Å². The lowest BCUT2D eigenvalue weighted by molar-refractivity contribution is -0.124. The van der Waals surface area contributed by atoms with E-state index in [0.717, 1.165) is 11.3 Å². The van der Waals surface area contributed by atoms with Crippen LogP contribution >= 0.6 is 0 Å². The van der Waals surface area contributed by atoms with Crippen molar-refractivity contribution < 1.29 is 9.53 Å². The summed E-state index contributed by atoms with van der Waals surface area (Å²) in [7, 11) is 0. The smallest absolute Gasteiger partial charge is 0.245 e. The Morgan fingerprint density at radius 2 is 2.05 bits per heavy atom. The zero-order valence-corrected chi connectivity index (χ0v) is 12.6. The maximum atomic E-state index is 12.2. The van der Waals surface area contributed by atoms with Crippen LogP contribution in [0.15, 0.2) is 42.7 Å². The van der Waals surface area contributed by atoms with Crippen LogP contribution in [0.25, 0.3) is 0 Å². The molecule has 21 heavy (non-hydrogen) atoms. The Hall–Kier alpha value is -2.30. The molecule has 1 aromatic carbocycles. The minimum absolute atomic E-state index is 0.0555. The highest BCUT2D eigenvalue weighted by Crippen LogP contribution is 2.18. The number of nitrogens with zero attached hydrogens (tertiary/aromatic N) is 2. The van der Waals surface area contributed by atoms with E-state index in [0.29, 0.717) is 6.61 Å². The van der Waals surface area contributed by atoms with Crippen molar-refractivity contribution in [3.8, 4) is 5.75 Å². The van der Waals surface area contributed by atoms with Crippen LogP contribution in [-0.2, 0) is 4.79 Å². The molecule has 1 N–H and O–H groups in total. The highest BCUT2D eigenvalue weighted by atomic mass is 16.5. The largest absolute Gasteiger partial charge is 0.494 e. The Kier molecular flexibility index (Phi) is 4.98. The molecule has 1 aromatic heterocycles. The van der Waals surface area contributed by atoms with Gasteiger partial charge in [-0.1, -0.05) is 12.1 Å². The summed E-state index contributed by atoms with van der Waals surface area (Å²) in [6.07, 6.45) is 3.45. The van der Waals surface area contributed by atoms with Crippen LogP contribution in [0.1, 0.15) is 38.4 Å². The van der Waals surface area contributed by atoms with Crippen molar-refractivity contribution in [2.75, 3.05) is 6.61 Å². The van der Waals surface area contributed by atoms with Crippen molar-refractivity contribution in [3.63, 3.8) is 0 Å². The highest BCUT2D eigenvalue weighted by molar-refractivity contribution is 5.80. The number of hydrogen-bond acceptors (Lipinski definition) is 3. The van der Waals surface area contributed by atoms with Crippen molar-refractivity contribution in [3.05, 3.63) is 48.3 Å². The van der Waals surface area contributed by atoms with E-state index in [1.807, 2.05) is 45.0 Å². The standard InChI is InChI=1S/C16H21N3O2/c1-4-21-15-8-6-14(7-9-15)12(2)18-16(20)13(3)19-11-5-10-17-19/h5-13H,4H2,1-3H3,(H,18,20)/t12-,13-/m0/s1. The van der Waals surface area contributed by atoms with Crippen molar-refractivity contribution in [1.82, 2.24) is 15.1 Å². The molecule has 2 atom stereocenters. The Balaban J connectivity index is 1.97. The molecule has 1 amide bonds. The molecule has 0 aliphatic rings. The van der Waals surface area contributed by atoms with Crippen molar-refractivity contribution >= 4 is 5.91 Å². The zero-order chi connectivity index (χ0) is 15.2. The molecule has 0 radical (unpaired) electrons. The summed E-state index contributed by atoms with van der Waals surface area (Å²) >= 11 is 0. The summed E-state index contributed by atoms with van der Waals surface area (Å²) in [5.41, 5.74) is 1.04. The second kappa shape index (κ2) is 6.92. The number of nitrogens with one attached hydrogen (secondary N) is 1. The minimum Gasteiger partial charge on any atom is -0.494 e. The minimum atomic E-state index is -0.329. The lowest BCUT2D eigenvalue weighted by atomic mass is 10.1. The van der Waals surface area contributed by atoms with Crippen LogP contribution in [0.3, 0.4) is 0 Å². The lowest BCUT2D eigenvalue weighted by Gasteiger charge is -2.18. The van der Waals surface area contributed by atoms with Crippen LogP contribution in [0.5, 0.6) is 5.75 Å². The van der Waals surface area contributed by atoms with E-state index in [1.165, 1.54) is 0 Å². The van der Waals surface area contributed by atoms with Crippen LogP contribution in [0.4, 0.5) is 0 Å². The fourth-order valence-corrected chi connectivity index (χ4v) is 2.07. The highest BCUT2D eigenvalue weighted by Gasteiger charge is 2.17. The van der Waals surface area contributed by atoms with Gasteiger partial charge in [-0.3, -0.25) is 9.48 Å². The van der Waals surface area contributed by atoms with Gasteiger partial charge in [0.15, 0.2) is 0 Å². The zero-order valence-electron chi connectivity index (χ0n) is 12.6. The average Bonchev–Trinajstić information content (AvgIpc) is 3.01. The molecule has 0 aliphatic carbocycles. The SMILES string of the molecule is CCOc1ccc([C@H](C)NC(=O)[C@H](C)n2cccn2)cc1. The summed E-state index contributed by atoms with van der Waals surface area (Å²) in [5.74, 6) is 0.782. The van der Waals surface area contributed by atoms with Gasteiger partial charge in [-0.15, -0.1) is 0 Å². The van der Waals surface area contributed by atoms with Crippen LogP contribution in [0, 0.1) is 0 Å². The predicted molar refractivity (Wildman–Crippen MR) is 81.1 cm³/mol. The summed E-state index contributed by atoms with van der Waals surface area (Å²) in [4.78, 5) is 12.2. The molecular formula is C16H21N3O2. The molecule has 1 heterocycles. The number of benzene rings is 1. The molecule has 112 valence electrons. The molecule has 0 bridgehead atoms. The third-order valence-corrected chi connectivity index (χ3v) is 3.35. The van der Waals surface area contributed by atoms with Crippen LogP contribution in [0.2, 0.25) is 0 Å². The molecule has 0 fully saturated rings. The number of aromatic nitrogens is 2. The van der Waals surface area contributed by atoms with Crippen LogP contribution in [-0.4, -0.2) is 22.3 Å². The molecule has 5 heteroatoms. The van der Waals surface area contributed by atoms with E-state index in [4.69, 9.17) is 4.74 Å². The third-order valence-electron chi connectivity index (χ3n) is 3.35. The second-order valence-electron chi connectivity index (χ2n) is 4.89. The van der Waals surface area contributed by atoms with Gasteiger partial charge in [-0.2, -0.15) is 5.10 Å². The number of hydrogen-bond donors (Lipinski definition) is 1. The Labute approximate surface area is 124 Å². The third kappa shape index (κ3) is 3.84. The summed E-state index contributed by atoms with van der Waals surface area (Å²) in [6, 6.07) is 9.18. The Morgan fingerprint density at radius 3 is 2.62 bits per heavy atom. The summed E-state index contributed by atoms with van der Waals surface area (Å²) in [6.45, 7) is 6.39. The van der Waals surface area contributed by atoms with Gasteiger partial charge in [0, 0.05) is 12.4 Å². The summed E-state index contributed by atoms with van der Waals surface area (Å²) in [5, 5.41) is 7.08. The number of ether oxygens (including phenoxy) is 1. The fraction of sp³-hybridized carbons (Fsp3) is 0.375.